The van der Waals surface area contributed by atoms with Crippen LogP contribution in [0.25, 0.3) is 0 Å². The number of hydrogen-bond acceptors (Lipinski definition) is 1. The fraction of sp³-hybridized carbons (Fsp3) is 0.941. The monoisotopic (exact) mass is 282 g/mol. The minimum atomic E-state index is 0.0132. The summed E-state index contributed by atoms with van der Waals surface area (Å²) in [4.78, 5) is 12.1. The number of urea groups is 1. The zero-order chi connectivity index (χ0) is 15.4. The maximum atomic E-state index is 12.1. The second-order valence-corrected chi connectivity index (χ2v) is 7.34. The lowest BCUT2D eigenvalue weighted by Crippen LogP contribution is -2.48. The van der Waals surface area contributed by atoms with Crippen LogP contribution in [0.3, 0.4) is 0 Å². The maximum absolute atomic E-state index is 12.1. The van der Waals surface area contributed by atoms with E-state index < -0.39 is 0 Å². The number of hydrogen-bond donors (Lipinski definition) is 2. The van der Waals surface area contributed by atoms with Crippen LogP contribution in [0.4, 0.5) is 4.79 Å². The molecule has 1 rings (SSSR count). The highest BCUT2D eigenvalue weighted by Gasteiger charge is 2.42. The van der Waals surface area contributed by atoms with Gasteiger partial charge in [0.2, 0.25) is 0 Å². The van der Waals surface area contributed by atoms with E-state index in [1.54, 1.807) is 0 Å². The smallest absolute Gasteiger partial charge is 0.315 e. The van der Waals surface area contributed by atoms with Crippen LogP contribution < -0.4 is 10.6 Å². The normalized spacial score (nSPS) is 32.8. The van der Waals surface area contributed by atoms with Crippen molar-refractivity contribution in [2.45, 2.75) is 73.4 Å². The second-order valence-electron chi connectivity index (χ2n) is 7.34. The molecular formula is C17H34N2O. The van der Waals surface area contributed by atoms with Gasteiger partial charge in [0, 0.05) is 12.1 Å². The summed E-state index contributed by atoms with van der Waals surface area (Å²) in [6.45, 7) is 15.8. The molecule has 5 atom stereocenters. The van der Waals surface area contributed by atoms with Gasteiger partial charge in [-0.25, -0.2) is 4.79 Å². The third kappa shape index (κ3) is 3.89. The molecule has 0 aromatic rings. The number of carbonyl (C=O) groups excluding carboxylic acids is 1. The minimum absolute atomic E-state index is 0.0132. The standard InChI is InChI=1S/C17H34N2O/c1-8-9-12(6)16-15(11(4)5)14(10(2)3)13(7)18-17(20)19-16/h10-16H,8-9H2,1-7H3,(H2,18,19,20). The summed E-state index contributed by atoms with van der Waals surface area (Å²) in [5.74, 6) is 2.75. The quantitative estimate of drug-likeness (QED) is 0.785. The van der Waals surface area contributed by atoms with Gasteiger partial charge in [0.15, 0.2) is 0 Å². The van der Waals surface area contributed by atoms with Crippen LogP contribution in [-0.2, 0) is 0 Å². The molecule has 1 heterocycles. The Morgan fingerprint density at radius 3 is 2.00 bits per heavy atom. The number of nitrogens with one attached hydrogen (secondary N) is 2. The van der Waals surface area contributed by atoms with Gasteiger partial charge in [0.1, 0.15) is 0 Å². The molecule has 0 spiro atoms. The maximum Gasteiger partial charge on any atom is 0.315 e. The van der Waals surface area contributed by atoms with Gasteiger partial charge in [-0.15, -0.1) is 0 Å². The van der Waals surface area contributed by atoms with E-state index >= 15 is 0 Å². The van der Waals surface area contributed by atoms with E-state index in [1.807, 2.05) is 0 Å². The topological polar surface area (TPSA) is 41.1 Å². The van der Waals surface area contributed by atoms with Gasteiger partial charge in [-0.05, 0) is 42.9 Å². The third-order valence-electron chi connectivity index (χ3n) is 4.99. The molecule has 1 aliphatic rings. The van der Waals surface area contributed by atoms with Crippen molar-refractivity contribution >= 4 is 6.03 Å². The van der Waals surface area contributed by atoms with Crippen LogP contribution >= 0.6 is 0 Å². The van der Waals surface area contributed by atoms with Gasteiger partial charge in [-0.3, -0.25) is 0 Å². The van der Waals surface area contributed by atoms with Gasteiger partial charge < -0.3 is 10.6 Å². The van der Waals surface area contributed by atoms with Crippen molar-refractivity contribution in [2.24, 2.45) is 29.6 Å². The molecule has 2 amide bonds. The van der Waals surface area contributed by atoms with E-state index in [1.165, 1.54) is 12.8 Å². The van der Waals surface area contributed by atoms with Crippen molar-refractivity contribution in [3.63, 3.8) is 0 Å². The summed E-state index contributed by atoms with van der Waals surface area (Å²) in [5.41, 5.74) is 0. The van der Waals surface area contributed by atoms with Crippen LogP contribution in [0.15, 0.2) is 0 Å². The molecule has 2 N–H and O–H groups in total. The number of carbonyl (C=O) groups is 1. The summed E-state index contributed by atoms with van der Waals surface area (Å²) in [7, 11) is 0. The van der Waals surface area contributed by atoms with Crippen LogP contribution in [0.5, 0.6) is 0 Å². The van der Waals surface area contributed by atoms with Crippen molar-refractivity contribution in [3.05, 3.63) is 0 Å². The van der Waals surface area contributed by atoms with Crippen molar-refractivity contribution in [1.82, 2.24) is 10.6 Å². The Morgan fingerprint density at radius 1 is 1.00 bits per heavy atom. The number of rotatable bonds is 5. The Balaban J connectivity index is 3.12. The summed E-state index contributed by atoms with van der Waals surface area (Å²) in [5, 5.41) is 6.40. The number of amides is 2. The molecule has 1 aliphatic heterocycles. The Hall–Kier alpha value is -0.730. The molecule has 118 valence electrons. The van der Waals surface area contributed by atoms with Gasteiger partial charge in [-0.1, -0.05) is 48.0 Å². The Bertz CT molecular complexity index is 314. The molecule has 5 unspecified atom stereocenters. The van der Waals surface area contributed by atoms with Gasteiger partial charge in [0.25, 0.3) is 0 Å². The summed E-state index contributed by atoms with van der Waals surface area (Å²) in [6, 6.07) is 0.535. The molecule has 0 aliphatic carbocycles. The first-order valence-electron chi connectivity index (χ1n) is 8.36. The summed E-state index contributed by atoms with van der Waals surface area (Å²) >= 11 is 0. The van der Waals surface area contributed by atoms with Crippen LogP contribution in [0.1, 0.15) is 61.3 Å². The predicted octanol–water partition coefficient (Wildman–Crippen LogP) is 4.04. The fourth-order valence-electron chi connectivity index (χ4n) is 4.20. The van der Waals surface area contributed by atoms with Crippen molar-refractivity contribution in [3.8, 4) is 0 Å². The molecular weight excluding hydrogens is 248 g/mol. The van der Waals surface area contributed by atoms with Crippen molar-refractivity contribution in [1.29, 1.82) is 0 Å². The molecule has 0 aromatic carbocycles. The summed E-state index contributed by atoms with van der Waals surface area (Å²) in [6.07, 6.45) is 2.35. The molecule has 3 heteroatoms. The minimum Gasteiger partial charge on any atom is -0.335 e. The van der Waals surface area contributed by atoms with E-state index in [2.05, 4.69) is 59.1 Å². The van der Waals surface area contributed by atoms with Crippen LogP contribution in [-0.4, -0.2) is 18.1 Å². The summed E-state index contributed by atoms with van der Waals surface area (Å²) < 4.78 is 0. The van der Waals surface area contributed by atoms with Crippen molar-refractivity contribution < 1.29 is 4.79 Å². The SMILES string of the molecule is CCCC(C)C1NC(=O)NC(C)C(C(C)C)C1C(C)C. The predicted molar refractivity (Wildman–Crippen MR) is 85.6 cm³/mol. The highest BCUT2D eigenvalue weighted by atomic mass is 16.2. The largest absolute Gasteiger partial charge is 0.335 e. The molecule has 0 aromatic heterocycles. The van der Waals surface area contributed by atoms with Crippen LogP contribution in [0.2, 0.25) is 0 Å². The fourth-order valence-corrected chi connectivity index (χ4v) is 4.20. The lowest BCUT2D eigenvalue weighted by atomic mass is 9.67. The molecule has 0 saturated carbocycles. The zero-order valence-corrected chi connectivity index (χ0v) is 14.4. The Kier molecular flexibility index (Phi) is 6.35. The lowest BCUT2D eigenvalue weighted by molar-refractivity contribution is 0.112. The highest BCUT2D eigenvalue weighted by molar-refractivity contribution is 5.75. The molecule has 1 saturated heterocycles. The van der Waals surface area contributed by atoms with Gasteiger partial charge >= 0.3 is 6.03 Å². The van der Waals surface area contributed by atoms with Crippen LogP contribution in [0, 0.1) is 29.6 Å². The first kappa shape index (κ1) is 17.3. The molecule has 20 heavy (non-hydrogen) atoms. The molecule has 0 bridgehead atoms. The van der Waals surface area contributed by atoms with Gasteiger partial charge in [-0.2, -0.15) is 0 Å². The Morgan fingerprint density at radius 2 is 1.55 bits per heavy atom. The van der Waals surface area contributed by atoms with Gasteiger partial charge in [0.05, 0.1) is 0 Å². The van der Waals surface area contributed by atoms with E-state index in [4.69, 9.17) is 0 Å². The van der Waals surface area contributed by atoms with E-state index in [-0.39, 0.29) is 18.1 Å². The average Bonchev–Trinajstić information content (AvgIpc) is 2.45. The van der Waals surface area contributed by atoms with E-state index in [9.17, 15) is 4.79 Å². The first-order valence-corrected chi connectivity index (χ1v) is 8.36. The molecule has 3 nitrogen and oxygen atoms in total. The highest BCUT2D eigenvalue weighted by Crippen LogP contribution is 2.37. The zero-order valence-electron chi connectivity index (χ0n) is 14.4. The average molecular weight is 282 g/mol. The molecule has 0 radical (unpaired) electrons. The molecule has 1 fully saturated rings. The lowest BCUT2D eigenvalue weighted by Gasteiger charge is -2.41. The third-order valence-corrected chi connectivity index (χ3v) is 4.99. The first-order chi connectivity index (χ1) is 9.29. The van der Waals surface area contributed by atoms with E-state index in [0.717, 1.165) is 0 Å². The Labute approximate surface area is 125 Å². The van der Waals surface area contributed by atoms with Crippen molar-refractivity contribution in [2.75, 3.05) is 0 Å². The van der Waals surface area contributed by atoms with E-state index in [0.29, 0.717) is 29.6 Å². The second kappa shape index (κ2) is 7.33.